The minimum atomic E-state index is -1.21. The first kappa shape index (κ1) is 27.7. The lowest BCUT2D eigenvalue weighted by Crippen LogP contribution is -2.57. The van der Waals surface area contributed by atoms with Gasteiger partial charge in [0.2, 0.25) is 11.8 Å². The minimum Gasteiger partial charge on any atom is -0.351 e. The van der Waals surface area contributed by atoms with E-state index in [1.54, 1.807) is 23.6 Å². The van der Waals surface area contributed by atoms with Crippen LogP contribution < -0.4 is 10.6 Å². The molecule has 4 aromatic rings. The van der Waals surface area contributed by atoms with Crippen molar-refractivity contribution in [2.24, 2.45) is 7.05 Å². The number of likely N-dealkylation sites (tertiary alicyclic amines) is 1. The van der Waals surface area contributed by atoms with Crippen molar-refractivity contribution in [2.75, 3.05) is 26.3 Å². The number of thiophene rings is 1. The van der Waals surface area contributed by atoms with Crippen molar-refractivity contribution in [2.45, 2.75) is 24.8 Å². The van der Waals surface area contributed by atoms with Crippen LogP contribution in [0.3, 0.4) is 0 Å². The maximum atomic E-state index is 13.3. The highest BCUT2D eigenvalue weighted by molar-refractivity contribution is 7.10. The average molecular weight is 584 g/mol. The summed E-state index contributed by atoms with van der Waals surface area (Å²) in [7, 11) is 2.01. The molecule has 0 bridgehead atoms. The molecule has 10 nitrogen and oxygen atoms in total. The number of ether oxygens (including phenoxy) is 2. The average Bonchev–Trinajstić information content (AvgIpc) is 3.82. The fraction of sp³-hybridized carbons (Fsp3) is 0.290. The summed E-state index contributed by atoms with van der Waals surface area (Å²) in [5.74, 6) is -2.42. The Bertz CT molecular complexity index is 1700. The number of nitrogens with zero attached hydrogens (tertiary/aromatic N) is 3. The zero-order valence-corrected chi connectivity index (χ0v) is 23.8. The van der Waals surface area contributed by atoms with Crippen LogP contribution in [0.5, 0.6) is 0 Å². The lowest BCUT2D eigenvalue weighted by molar-refractivity contribution is -0.183. The number of amides is 3. The lowest BCUT2D eigenvalue weighted by atomic mass is 10.0. The number of aryl methyl sites for hydroxylation is 1. The quantitative estimate of drug-likeness (QED) is 0.344. The molecule has 42 heavy (non-hydrogen) atoms. The fourth-order valence-electron chi connectivity index (χ4n) is 5.60. The van der Waals surface area contributed by atoms with Crippen LogP contribution in [0, 0.1) is 11.3 Å². The summed E-state index contributed by atoms with van der Waals surface area (Å²) in [6, 6.07) is 18.3. The van der Waals surface area contributed by atoms with Gasteiger partial charge in [0.15, 0.2) is 11.8 Å². The number of carbonyl (C=O) groups is 3. The fourth-order valence-corrected chi connectivity index (χ4v) is 6.35. The van der Waals surface area contributed by atoms with E-state index in [-0.39, 0.29) is 25.5 Å². The number of benzene rings is 2. The van der Waals surface area contributed by atoms with Gasteiger partial charge in [-0.15, -0.1) is 11.3 Å². The Balaban J connectivity index is 1.09. The molecule has 2 aliphatic rings. The molecule has 4 heterocycles. The number of fused-ring (bicyclic) bond motifs is 1. The van der Waals surface area contributed by atoms with E-state index in [1.165, 1.54) is 16.2 Å². The summed E-state index contributed by atoms with van der Waals surface area (Å²) in [5.41, 5.74) is 4.12. The Morgan fingerprint density at radius 3 is 2.55 bits per heavy atom. The number of aromatic nitrogens is 1. The molecule has 214 valence electrons. The maximum absolute atomic E-state index is 13.3. The topological polar surface area (TPSA) is 126 Å². The molecule has 0 radical (unpaired) electrons. The molecule has 0 saturated carbocycles. The van der Waals surface area contributed by atoms with Crippen LogP contribution in [0.2, 0.25) is 0 Å². The van der Waals surface area contributed by atoms with Crippen LogP contribution in [0.4, 0.5) is 0 Å². The molecule has 2 N–H and O–H groups in total. The molecule has 2 aromatic heterocycles. The molecule has 2 saturated heterocycles. The number of carbonyl (C=O) groups excluding carboxylic acids is 3. The van der Waals surface area contributed by atoms with E-state index in [4.69, 9.17) is 14.7 Å². The predicted molar refractivity (Wildman–Crippen MR) is 156 cm³/mol. The second-order valence-electron chi connectivity index (χ2n) is 10.3. The van der Waals surface area contributed by atoms with Crippen molar-refractivity contribution in [3.63, 3.8) is 0 Å². The summed E-state index contributed by atoms with van der Waals surface area (Å²) in [6.45, 7) is 0.848. The number of nitriles is 1. The Labute approximate surface area is 246 Å². The van der Waals surface area contributed by atoms with Gasteiger partial charge in [-0.3, -0.25) is 14.4 Å². The second-order valence-corrected chi connectivity index (χ2v) is 11.3. The number of rotatable bonds is 7. The molecule has 1 atom stereocenters. The van der Waals surface area contributed by atoms with Crippen LogP contribution in [0.1, 0.15) is 27.2 Å². The highest BCUT2D eigenvalue weighted by atomic mass is 32.1. The van der Waals surface area contributed by atoms with Gasteiger partial charge in [0.05, 0.1) is 31.9 Å². The minimum absolute atomic E-state index is 0.214. The molecular formula is C31H29N5O5S. The van der Waals surface area contributed by atoms with E-state index < -0.39 is 23.6 Å². The number of hydrogen-bond acceptors (Lipinski definition) is 7. The summed E-state index contributed by atoms with van der Waals surface area (Å²) in [5, 5.41) is 17.5. The van der Waals surface area contributed by atoms with E-state index in [0.29, 0.717) is 30.8 Å². The monoisotopic (exact) mass is 583 g/mol. The second kappa shape index (κ2) is 11.4. The largest absolute Gasteiger partial charge is 0.351 e. The third-order valence-corrected chi connectivity index (χ3v) is 8.70. The zero-order valence-electron chi connectivity index (χ0n) is 23.0. The van der Waals surface area contributed by atoms with E-state index in [0.717, 1.165) is 26.9 Å². The van der Waals surface area contributed by atoms with Gasteiger partial charge in [-0.05, 0) is 47.5 Å². The van der Waals surface area contributed by atoms with E-state index in [1.807, 2.05) is 31.4 Å². The first-order valence-corrected chi connectivity index (χ1v) is 14.5. The van der Waals surface area contributed by atoms with Gasteiger partial charge in [-0.25, -0.2) is 0 Å². The van der Waals surface area contributed by atoms with Crippen molar-refractivity contribution in [1.29, 1.82) is 5.26 Å². The zero-order chi connectivity index (χ0) is 29.3. The maximum Gasteiger partial charge on any atom is 0.251 e. The highest BCUT2D eigenvalue weighted by Gasteiger charge is 2.57. The van der Waals surface area contributed by atoms with E-state index in [2.05, 4.69) is 39.5 Å². The first-order chi connectivity index (χ1) is 20.4. The highest BCUT2D eigenvalue weighted by Crippen LogP contribution is 2.37. The molecule has 3 amide bonds. The lowest BCUT2D eigenvalue weighted by Gasteiger charge is -2.32. The normalized spacial score (nSPS) is 17.4. The first-order valence-electron chi connectivity index (χ1n) is 13.6. The molecule has 11 heteroatoms. The smallest absolute Gasteiger partial charge is 0.251 e. The van der Waals surface area contributed by atoms with Crippen LogP contribution in [0.25, 0.3) is 22.0 Å². The van der Waals surface area contributed by atoms with Crippen molar-refractivity contribution in [3.8, 4) is 17.2 Å². The van der Waals surface area contributed by atoms with Gasteiger partial charge < -0.3 is 29.6 Å². The molecule has 2 fully saturated rings. The Morgan fingerprint density at radius 2 is 1.81 bits per heavy atom. The van der Waals surface area contributed by atoms with Gasteiger partial charge in [0.25, 0.3) is 5.91 Å². The van der Waals surface area contributed by atoms with Crippen molar-refractivity contribution < 1.29 is 23.9 Å². The van der Waals surface area contributed by atoms with Gasteiger partial charge in [-0.1, -0.05) is 18.2 Å². The Hall–Kier alpha value is -4.50. The van der Waals surface area contributed by atoms with Crippen molar-refractivity contribution >= 4 is 40.0 Å². The van der Waals surface area contributed by atoms with Crippen LogP contribution in [0.15, 0.2) is 66.2 Å². The van der Waals surface area contributed by atoms with Gasteiger partial charge >= 0.3 is 0 Å². The summed E-state index contributed by atoms with van der Waals surface area (Å²) in [6.07, 6.45) is 2.36. The van der Waals surface area contributed by atoms with Gasteiger partial charge in [-0.2, -0.15) is 5.26 Å². The molecule has 2 aromatic carbocycles. The SMILES string of the molecule is Cn1ccc2cc(-c3ccc(C(=O)NCC(=O)N4CCC5(OCCO5)[C@H]4C(=O)NCc4cc(C#N)cs4)cc3)ccc21. The molecular weight excluding hydrogens is 554 g/mol. The van der Waals surface area contributed by atoms with Crippen LogP contribution in [-0.4, -0.2) is 65.3 Å². The predicted octanol–water partition coefficient (Wildman–Crippen LogP) is 3.17. The third-order valence-electron chi connectivity index (χ3n) is 7.76. The summed E-state index contributed by atoms with van der Waals surface area (Å²) in [4.78, 5) is 41.8. The molecule has 1 spiro atoms. The number of nitrogens with one attached hydrogen (secondary N) is 2. The Morgan fingerprint density at radius 1 is 1.05 bits per heavy atom. The third kappa shape index (κ3) is 5.27. The summed E-state index contributed by atoms with van der Waals surface area (Å²) < 4.78 is 13.8. The standard InChI is InChI=1S/C31H29N5O5S/c1-35-10-8-24-15-23(6-7-26(24)35)21-2-4-22(5-3-21)29(38)34-18-27(37)36-11-9-31(40-12-13-41-31)28(36)30(39)33-17-25-14-20(16-32)19-42-25/h2-8,10,14-15,19,28H,9,11-13,17-18H2,1H3,(H,33,39)(H,34,38)/t28-/m1/s1. The van der Waals surface area contributed by atoms with Gasteiger partial charge in [0.1, 0.15) is 6.07 Å². The van der Waals surface area contributed by atoms with E-state index >= 15 is 0 Å². The van der Waals surface area contributed by atoms with E-state index in [9.17, 15) is 14.4 Å². The van der Waals surface area contributed by atoms with Crippen molar-refractivity contribution in [3.05, 3.63) is 82.2 Å². The molecule has 0 unspecified atom stereocenters. The molecule has 2 aliphatic heterocycles. The molecule has 0 aliphatic carbocycles. The van der Waals surface area contributed by atoms with Crippen molar-refractivity contribution in [1.82, 2.24) is 20.1 Å². The number of hydrogen-bond donors (Lipinski definition) is 2. The van der Waals surface area contributed by atoms with Crippen LogP contribution >= 0.6 is 11.3 Å². The molecule has 6 rings (SSSR count). The summed E-state index contributed by atoms with van der Waals surface area (Å²) >= 11 is 1.37. The van der Waals surface area contributed by atoms with Crippen LogP contribution in [-0.2, 0) is 32.7 Å². The Kier molecular flexibility index (Phi) is 7.51. The van der Waals surface area contributed by atoms with Gasteiger partial charge in [0, 0.05) is 52.9 Å².